The number of methoxy groups -OCH3 is 1. The number of benzene rings is 3. The maximum atomic E-state index is 14.0. The predicted molar refractivity (Wildman–Crippen MR) is 156 cm³/mol. The van der Waals surface area contributed by atoms with Gasteiger partial charge in [0.05, 0.1) is 17.7 Å². The van der Waals surface area contributed by atoms with Gasteiger partial charge in [0.15, 0.2) is 0 Å². The van der Waals surface area contributed by atoms with Gasteiger partial charge in [-0.3, -0.25) is 13.9 Å². The molecule has 0 saturated carbocycles. The smallest absolute Gasteiger partial charge is 0.264 e. The molecule has 0 fully saturated rings. The number of anilines is 1. The van der Waals surface area contributed by atoms with Crippen LogP contribution in [0.5, 0.6) is 5.75 Å². The normalized spacial score (nSPS) is 12.4. The number of sulfonamides is 1. The maximum Gasteiger partial charge on any atom is 0.264 e. The summed E-state index contributed by atoms with van der Waals surface area (Å²) in [5.41, 5.74) is 0.530. The van der Waals surface area contributed by atoms with Crippen molar-refractivity contribution in [3.63, 3.8) is 0 Å². The summed E-state index contributed by atoms with van der Waals surface area (Å²) in [7, 11) is -2.57. The molecule has 0 saturated heterocycles. The van der Waals surface area contributed by atoms with Crippen LogP contribution in [-0.4, -0.2) is 50.4 Å². The van der Waals surface area contributed by atoms with E-state index in [2.05, 4.69) is 21.2 Å². The lowest BCUT2D eigenvalue weighted by atomic mass is 10.1. The van der Waals surface area contributed by atoms with E-state index in [1.54, 1.807) is 74.7 Å². The molecule has 208 valence electrons. The van der Waals surface area contributed by atoms with Gasteiger partial charge in [-0.25, -0.2) is 8.42 Å². The summed E-state index contributed by atoms with van der Waals surface area (Å²) in [6.45, 7) is 6.76. The van der Waals surface area contributed by atoms with E-state index in [4.69, 9.17) is 4.74 Å². The SMILES string of the molecule is COc1cccc(CN(C(=O)CN(c2cccc(Br)c2)S(=O)(=O)c2ccccc2)C(C)C(=O)NC(C)(C)C)c1. The fourth-order valence-corrected chi connectivity index (χ4v) is 5.72. The molecule has 1 N–H and O–H groups in total. The minimum Gasteiger partial charge on any atom is -0.497 e. The number of rotatable bonds is 10. The molecule has 8 nitrogen and oxygen atoms in total. The lowest BCUT2D eigenvalue weighted by Gasteiger charge is -2.33. The Morgan fingerprint density at radius 2 is 1.64 bits per heavy atom. The second-order valence-electron chi connectivity index (χ2n) is 10.1. The van der Waals surface area contributed by atoms with E-state index in [1.807, 2.05) is 26.8 Å². The van der Waals surface area contributed by atoms with E-state index in [1.165, 1.54) is 17.0 Å². The quantitative estimate of drug-likeness (QED) is 0.347. The third kappa shape index (κ3) is 8.06. The van der Waals surface area contributed by atoms with E-state index in [-0.39, 0.29) is 17.3 Å². The van der Waals surface area contributed by atoms with Crippen molar-refractivity contribution in [2.24, 2.45) is 0 Å². The highest BCUT2D eigenvalue weighted by molar-refractivity contribution is 9.10. The lowest BCUT2D eigenvalue weighted by molar-refractivity contribution is -0.140. The van der Waals surface area contributed by atoms with Crippen molar-refractivity contribution in [2.75, 3.05) is 18.0 Å². The molecule has 3 rings (SSSR count). The highest BCUT2D eigenvalue weighted by Gasteiger charge is 2.33. The van der Waals surface area contributed by atoms with Gasteiger partial charge in [-0.05, 0) is 75.7 Å². The van der Waals surface area contributed by atoms with E-state index in [0.717, 1.165) is 9.87 Å². The molecule has 0 aromatic heterocycles. The van der Waals surface area contributed by atoms with Gasteiger partial charge in [-0.1, -0.05) is 52.3 Å². The highest BCUT2D eigenvalue weighted by atomic mass is 79.9. The molecule has 2 amide bonds. The summed E-state index contributed by atoms with van der Waals surface area (Å²) in [6, 6.07) is 21.0. The van der Waals surface area contributed by atoms with Crippen LogP contribution in [0.15, 0.2) is 88.2 Å². The van der Waals surface area contributed by atoms with E-state index >= 15 is 0 Å². The Bertz CT molecular complexity index is 1410. The topological polar surface area (TPSA) is 96.0 Å². The van der Waals surface area contributed by atoms with Crippen molar-refractivity contribution in [1.82, 2.24) is 10.2 Å². The van der Waals surface area contributed by atoms with Crippen LogP contribution in [0.4, 0.5) is 5.69 Å². The van der Waals surface area contributed by atoms with E-state index < -0.39 is 34.1 Å². The van der Waals surface area contributed by atoms with Crippen LogP contribution in [0.2, 0.25) is 0 Å². The first-order valence-corrected chi connectivity index (χ1v) is 14.6. The van der Waals surface area contributed by atoms with Crippen LogP contribution in [0.1, 0.15) is 33.3 Å². The third-order valence-electron chi connectivity index (χ3n) is 5.86. The number of halogens is 1. The molecular weight excluding hydrogens is 582 g/mol. The Morgan fingerprint density at radius 3 is 2.26 bits per heavy atom. The van der Waals surface area contributed by atoms with Crippen LogP contribution in [0.3, 0.4) is 0 Å². The number of hydrogen-bond acceptors (Lipinski definition) is 5. The molecule has 0 spiro atoms. The first-order chi connectivity index (χ1) is 18.3. The monoisotopic (exact) mass is 615 g/mol. The van der Waals surface area contributed by atoms with Gasteiger partial charge in [0.25, 0.3) is 10.0 Å². The number of ether oxygens (including phenoxy) is 1. The van der Waals surface area contributed by atoms with Gasteiger partial charge in [0.1, 0.15) is 18.3 Å². The number of nitrogens with zero attached hydrogens (tertiary/aromatic N) is 2. The van der Waals surface area contributed by atoms with Crippen molar-refractivity contribution < 1.29 is 22.7 Å². The molecule has 3 aromatic rings. The molecule has 1 unspecified atom stereocenters. The van der Waals surface area contributed by atoms with Crippen molar-refractivity contribution in [3.05, 3.63) is 88.9 Å². The summed E-state index contributed by atoms with van der Waals surface area (Å²) < 4.78 is 34.6. The molecule has 1 atom stereocenters. The van der Waals surface area contributed by atoms with Crippen LogP contribution in [0, 0.1) is 0 Å². The fraction of sp³-hybridized carbons (Fsp3) is 0.310. The molecule has 10 heteroatoms. The van der Waals surface area contributed by atoms with E-state index in [0.29, 0.717) is 15.9 Å². The van der Waals surface area contributed by atoms with Crippen molar-refractivity contribution in [1.29, 1.82) is 0 Å². The average molecular weight is 617 g/mol. The zero-order chi connectivity index (χ0) is 28.8. The van der Waals surface area contributed by atoms with Gasteiger partial charge in [-0.15, -0.1) is 0 Å². The second kappa shape index (κ2) is 12.7. The molecule has 0 heterocycles. The third-order valence-corrected chi connectivity index (χ3v) is 8.14. The van der Waals surface area contributed by atoms with Crippen LogP contribution >= 0.6 is 15.9 Å². The maximum absolute atomic E-state index is 14.0. The van der Waals surface area contributed by atoms with Gasteiger partial charge in [0, 0.05) is 16.6 Å². The average Bonchev–Trinajstić information content (AvgIpc) is 2.89. The van der Waals surface area contributed by atoms with Gasteiger partial charge < -0.3 is 15.0 Å². The summed E-state index contributed by atoms with van der Waals surface area (Å²) in [4.78, 5) is 28.6. The molecule has 0 aliphatic carbocycles. The van der Waals surface area contributed by atoms with Gasteiger partial charge >= 0.3 is 0 Å². The van der Waals surface area contributed by atoms with E-state index in [9.17, 15) is 18.0 Å². The number of carbonyl (C=O) groups excluding carboxylic acids is 2. The Kier molecular flexibility index (Phi) is 9.79. The van der Waals surface area contributed by atoms with Gasteiger partial charge in [-0.2, -0.15) is 0 Å². The van der Waals surface area contributed by atoms with Crippen LogP contribution < -0.4 is 14.4 Å². The minimum atomic E-state index is -4.11. The molecule has 0 aliphatic rings. The predicted octanol–water partition coefficient (Wildman–Crippen LogP) is 4.99. The Labute approximate surface area is 239 Å². The second-order valence-corrected chi connectivity index (χ2v) is 12.9. The van der Waals surface area contributed by atoms with Crippen LogP contribution in [-0.2, 0) is 26.2 Å². The van der Waals surface area contributed by atoms with Crippen molar-refractivity contribution in [3.8, 4) is 5.75 Å². The fourth-order valence-electron chi connectivity index (χ4n) is 3.90. The summed E-state index contributed by atoms with van der Waals surface area (Å²) >= 11 is 3.39. The zero-order valence-corrected chi connectivity index (χ0v) is 25.1. The first kappa shape index (κ1) is 30.2. The summed E-state index contributed by atoms with van der Waals surface area (Å²) in [6.07, 6.45) is 0. The van der Waals surface area contributed by atoms with Crippen molar-refractivity contribution >= 4 is 43.5 Å². The Morgan fingerprint density at radius 1 is 0.974 bits per heavy atom. The number of hydrogen-bond donors (Lipinski definition) is 1. The summed E-state index contributed by atoms with van der Waals surface area (Å²) in [5, 5.41) is 2.92. The molecule has 3 aromatic carbocycles. The van der Waals surface area contributed by atoms with Gasteiger partial charge in [0.2, 0.25) is 11.8 Å². The molecule has 39 heavy (non-hydrogen) atoms. The van der Waals surface area contributed by atoms with Crippen LogP contribution in [0.25, 0.3) is 0 Å². The lowest BCUT2D eigenvalue weighted by Crippen LogP contribution is -2.54. The Balaban J connectivity index is 2.04. The number of amides is 2. The summed E-state index contributed by atoms with van der Waals surface area (Å²) in [5.74, 6) is -0.276. The molecule has 0 radical (unpaired) electrons. The number of nitrogens with one attached hydrogen (secondary N) is 1. The molecule has 0 aliphatic heterocycles. The minimum absolute atomic E-state index is 0.0515. The largest absolute Gasteiger partial charge is 0.497 e. The standard InChI is InChI=1S/C29H34BrN3O5S/c1-21(28(35)31-29(2,3)4)32(19-22-11-9-14-25(17-22)38-5)27(34)20-33(24-13-10-12-23(30)18-24)39(36,37)26-15-7-6-8-16-26/h6-18,21H,19-20H2,1-5H3,(H,31,35). The zero-order valence-electron chi connectivity index (χ0n) is 22.7. The number of carbonyl (C=O) groups is 2. The Hall–Kier alpha value is -3.37. The highest BCUT2D eigenvalue weighted by Crippen LogP contribution is 2.27. The molecular formula is C29H34BrN3O5S. The molecule has 0 bridgehead atoms. The van der Waals surface area contributed by atoms with Crippen molar-refractivity contribution in [2.45, 2.75) is 50.7 Å². The first-order valence-electron chi connectivity index (χ1n) is 12.4.